The number of hydrogen-bond donors (Lipinski definition) is 1. The third-order valence-electron chi connectivity index (χ3n) is 4.90. The SMILES string of the molecule is C[As](C)CC[As](C)Cc1ccccc1-c1ccc(C2=NOC(C(N)=O)C2)cc1. The van der Waals surface area contributed by atoms with Crippen LogP contribution in [0.25, 0.3) is 11.1 Å². The van der Waals surface area contributed by atoms with E-state index in [0.29, 0.717) is 6.42 Å². The van der Waals surface area contributed by atoms with E-state index in [0.717, 1.165) is 11.3 Å². The molecule has 2 atom stereocenters. The van der Waals surface area contributed by atoms with Crippen LogP contribution >= 0.6 is 0 Å². The standard InChI is InChI=1S/C22H28As2N2O2/c1-23(2)12-13-24(3)15-18-6-4-5-7-19(18)16-8-10-17(11-9-16)20-14-21(22(25)27)28-26-20/h4-11,21H,12-15H2,1-3H3,(H2,25,27). The summed E-state index contributed by atoms with van der Waals surface area (Å²) in [5.41, 5.74) is 18.5. The van der Waals surface area contributed by atoms with Crippen LogP contribution in [0.5, 0.6) is 0 Å². The van der Waals surface area contributed by atoms with Crippen molar-refractivity contribution in [3.8, 4) is 11.1 Å². The average Bonchev–Trinajstić information content (AvgIpc) is 3.18. The van der Waals surface area contributed by atoms with Crippen LogP contribution in [-0.2, 0) is 14.8 Å². The van der Waals surface area contributed by atoms with E-state index in [9.17, 15) is 4.79 Å². The van der Waals surface area contributed by atoms with E-state index in [1.54, 1.807) is 0 Å². The van der Waals surface area contributed by atoms with Gasteiger partial charge in [0.2, 0.25) is 0 Å². The van der Waals surface area contributed by atoms with Crippen LogP contribution in [0.3, 0.4) is 0 Å². The van der Waals surface area contributed by atoms with Crippen LogP contribution in [0.15, 0.2) is 53.7 Å². The Balaban J connectivity index is 1.73. The second-order valence-corrected chi connectivity index (χ2v) is 18.2. The van der Waals surface area contributed by atoms with Gasteiger partial charge in [0.15, 0.2) is 0 Å². The molecule has 1 aliphatic heterocycles. The van der Waals surface area contributed by atoms with Crippen molar-refractivity contribution in [1.82, 2.24) is 0 Å². The molecule has 1 amide bonds. The minimum atomic E-state index is -0.796. The van der Waals surface area contributed by atoms with Crippen molar-refractivity contribution in [2.75, 3.05) is 0 Å². The second kappa shape index (κ2) is 9.81. The van der Waals surface area contributed by atoms with E-state index < -0.39 is 41.3 Å². The van der Waals surface area contributed by atoms with Crippen LogP contribution in [0.2, 0.25) is 27.6 Å². The minimum absolute atomic E-state index is 0.438. The van der Waals surface area contributed by atoms with Gasteiger partial charge in [-0.1, -0.05) is 0 Å². The molecule has 3 rings (SSSR count). The number of carbonyl (C=O) groups excluding carboxylic acids is 1. The Morgan fingerprint density at radius 3 is 2.39 bits per heavy atom. The van der Waals surface area contributed by atoms with E-state index in [2.05, 4.69) is 70.8 Å². The zero-order valence-electron chi connectivity index (χ0n) is 16.8. The number of oxime groups is 1. The number of carbonyl (C=O) groups is 1. The molecule has 2 aromatic rings. The van der Waals surface area contributed by atoms with Gasteiger partial charge in [-0.05, 0) is 0 Å². The molecule has 0 aromatic heterocycles. The van der Waals surface area contributed by atoms with Gasteiger partial charge >= 0.3 is 178 Å². The maximum atomic E-state index is 11.3. The molecule has 2 N–H and O–H groups in total. The van der Waals surface area contributed by atoms with Crippen LogP contribution in [0.1, 0.15) is 17.5 Å². The number of nitrogens with zero attached hydrogens (tertiary/aromatic N) is 1. The normalized spacial score (nSPS) is 17.3. The number of nitrogens with two attached hydrogens (primary N) is 1. The molecule has 1 aliphatic rings. The Morgan fingerprint density at radius 2 is 1.75 bits per heavy atom. The Kier molecular flexibility index (Phi) is 7.43. The fourth-order valence-electron chi connectivity index (χ4n) is 3.22. The van der Waals surface area contributed by atoms with Gasteiger partial charge in [0.25, 0.3) is 0 Å². The quantitative estimate of drug-likeness (QED) is 0.548. The van der Waals surface area contributed by atoms with Crippen LogP contribution in [-0.4, -0.2) is 47.0 Å². The molecule has 0 aliphatic carbocycles. The molecule has 0 bridgehead atoms. The number of amides is 1. The molecule has 4 nitrogen and oxygen atoms in total. The molecule has 0 saturated carbocycles. The molecule has 0 spiro atoms. The summed E-state index contributed by atoms with van der Waals surface area (Å²) >= 11 is -1.31. The molecule has 1 heterocycles. The molecule has 0 fully saturated rings. The molecule has 2 unspecified atom stereocenters. The predicted octanol–water partition coefficient (Wildman–Crippen LogP) is 4.29. The van der Waals surface area contributed by atoms with Gasteiger partial charge in [0, 0.05) is 0 Å². The van der Waals surface area contributed by atoms with Crippen molar-refractivity contribution in [3.63, 3.8) is 0 Å². The third-order valence-corrected chi connectivity index (χ3v) is 12.8. The summed E-state index contributed by atoms with van der Waals surface area (Å²) < 4.78 is 0. The first kappa shape index (κ1) is 21.2. The van der Waals surface area contributed by atoms with Gasteiger partial charge < -0.3 is 0 Å². The fraction of sp³-hybridized carbons (Fsp3) is 0.364. The van der Waals surface area contributed by atoms with E-state index in [1.165, 1.54) is 32.3 Å². The summed E-state index contributed by atoms with van der Waals surface area (Å²) in [6.07, 6.45) is -0.204. The van der Waals surface area contributed by atoms with Crippen molar-refractivity contribution in [2.45, 2.75) is 45.3 Å². The van der Waals surface area contributed by atoms with Crippen LogP contribution in [0.4, 0.5) is 0 Å². The van der Waals surface area contributed by atoms with Gasteiger partial charge in [-0.15, -0.1) is 0 Å². The van der Waals surface area contributed by atoms with Crippen molar-refractivity contribution < 1.29 is 9.63 Å². The Labute approximate surface area is 177 Å². The molecular formula is C22H28As2N2O2. The van der Waals surface area contributed by atoms with E-state index in [-0.39, 0.29) is 0 Å². The Hall–Kier alpha value is -1.50. The van der Waals surface area contributed by atoms with Crippen molar-refractivity contribution >= 4 is 40.9 Å². The first-order chi connectivity index (χ1) is 13.4. The van der Waals surface area contributed by atoms with Crippen molar-refractivity contribution in [2.24, 2.45) is 10.9 Å². The van der Waals surface area contributed by atoms with Crippen LogP contribution < -0.4 is 5.73 Å². The third kappa shape index (κ3) is 5.52. The van der Waals surface area contributed by atoms with Gasteiger partial charge in [-0.25, -0.2) is 0 Å². The van der Waals surface area contributed by atoms with E-state index in [1.807, 2.05) is 0 Å². The summed E-state index contributed by atoms with van der Waals surface area (Å²) in [5.74, 6) is -0.469. The number of rotatable bonds is 8. The van der Waals surface area contributed by atoms with Gasteiger partial charge in [0.05, 0.1) is 0 Å². The maximum absolute atomic E-state index is 11.3. The zero-order valence-corrected chi connectivity index (χ0v) is 20.5. The Morgan fingerprint density at radius 1 is 1.07 bits per heavy atom. The van der Waals surface area contributed by atoms with Crippen molar-refractivity contribution in [3.05, 3.63) is 59.7 Å². The molecule has 28 heavy (non-hydrogen) atoms. The summed E-state index contributed by atoms with van der Waals surface area (Å²) in [5, 5.41) is 8.23. The predicted molar refractivity (Wildman–Crippen MR) is 120 cm³/mol. The first-order valence-corrected chi connectivity index (χ1v) is 19.1. The fourth-order valence-corrected chi connectivity index (χ4v) is 15.0. The monoisotopic (exact) mass is 502 g/mol. The van der Waals surface area contributed by atoms with Crippen LogP contribution in [0, 0.1) is 0 Å². The Bertz CT molecular complexity index is 850. The van der Waals surface area contributed by atoms with Crippen molar-refractivity contribution in [1.29, 1.82) is 0 Å². The number of hydrogen-bond acceptors (Lipinski definition) is 3. The number of primary amides is 1. The van der Waals surface area contributed by atoms with E-state index in [4.69, 9.17) is 10.6 Å². The topological polar surface area (TPSA) is 64.7 Å². The summed E-state index contributed by atoms with van der Waals surface area (Å²) in [6.45, 7) is 0. The van der Waals surface area contributed by atoms with E-state index >= 15 is 0 Å². The molecule has 148 valence electrons. The second-order valence-electron chi connectivity index (χ2n) is 7.51. The van der Waals surface area contributed by atoms with Gasteiger partial charge in [0.1, 0.15) is 0 Å². The van der Waals surface area contributed by atoms with Gasteiger partial charge in [-0.3, -0.25) is 0 Å². The summed E-state index contributed by atoms with van der Waals surface area (Å²) in [7, 11) is 0. The molecular weight excluding hydrogens is 474 g/mol. The molecule has 6 heteroatoms. The zero-order chi connectivity index (χ0) is 20.1. The molecule has 0 saturated heterocycles. The first-order valence-electron chi connectivity index (χ1n) is 9.48. The number of benzene rings is 2. The average molecular weight is 502 g/mol. The molecule has 2 aromatic carbocycles. The summed E-state index contributed by atoms with van der Waals surface area (Å²) in [6, 6.07) is 17.2. The van der Waals surface area contributed by atoms with Gasteiger partial charge in [-0.2, -0.15) is 0 Å². The molecule has 0 radical (unpaired) electrons. The summed E-state index contributed by atoms with van der Waals surface area (Å²) in [4.78, 5) is 16.4.